The minimum absolute atomic E-state index is 0.0736. The molecule has 2 amide bonds. The summed E-state index contributed by atoms with van der Waals surface area (Å²) in [5, 5.41) is 2.90. The largest absolute Gasteiger partial charge is 0.348 e. The molecule has 1 N–H and O–H groups in total. The first kappa shape index (κ1) is 19.4. The van der Waals surface area contributed by atoms with Crippen LogP contribution in [0.2, 0.25) is 0 Å². The zero-order valence-corrected chi connectivity index (χ0v) is 16.2. The molecule has 0 bridgehead atoms. The Morgan fingerprint density at radius 2 is 1.39 bits per heavy atom. The molecule has 0 heterocycles. The first-order valence-electron chi connectivity index (χ1n) is 9.26. The van der Waals surface area contributed by atoms with Crippen molar-refractivity contribution in [1.29, 1.82) is 0 Å². The minimum Gasteiger partial charge on any atom is -0.348 e. The molecule has 0 unspecified atom stereocenters. The van der Waals surface area contributed by atoms with Crippen molar-refractivity contribution < 1.29 is 9.59 Å². The average molecular weight is 372 g/mol. The molecule has 0 aliphatic rings. The van der Waals surface area contributed by atoms with E-state index in [2.05, 4.69) is 5.32 Å². The van der Waals surface area contributed by atoms with Crippen molar-refractivity contribution in [2.24, 2.45) is 0 Å². The van der Waals surface area contributed by atoms with Crippen molar-refractivity contribution in [2.75, 3.05) is 7.05 Å². The van der Waals surface area contributed by atoms with Crippen LogP contribution in [0.4, 0.5) is 0 Å². The molecule has 3 aromatic carbocycles. The third-order valence-corrected chi connectivity index (χ3v) is 4.58. The Kier molecular flexibility index (Phi) is 6.22. The van der Waals surface area contributed by atoms with Crippen LogP contribution in [0, 0.1) is 6.92 Å². The summed E-state index contributed by atoms with van der Waals surface area (Å²) in [7, 11) is 1.78. The maximum absolute atomic E-state index is 12.6. The molecule has 4 heteroatoms. The molecule has 3 aromatic rings. The van der Waals surface area contributed by atoms with Crippen molar-refractivity contribution >= 4 is 11.8 Å². The van der Waals surface area contributed by atoms with Gasteiger partial charge in [-0.1, -0.05) is 60.2 Å². The molecule has 0 aliphatic carbocycles. The SMILES string of the molecule is Cc1ccc(CNC(=O)c2ccc(C(=O)N(C)Cc3ccccc3)cc2)cc1. The number of nitrogens with zero attached hydrogens (tertiary/aromatic N) is 1. The van der Waals surface area contributed by atoms with Gasteiger partial charge in [0.15, 0.2) is 0 Å². The standard InChI is InChI=1S/C24H24N2O2/c1-18-8-10-19(11-9-18)16-25-23(27)21-12-14-22(15-13-21)24(28)26(2)17-20-6-4-3-5-7-20/h3-15H,16-17H2,1-2H3,(H,25,27). The number of carbonyl (C=O) groups excluding carboxylic acids is 2. The molecule has 0 spiro atoms. The fraction of sp³-hybridized carbons (Fsp3) is 0.167. The van der Waals surface area contributed by atoms with Gasteiger partial charge in [-0.15, -0.1) is 0 Å². The predicted octanol–water partition coefficient (Wildman–Crippen LogP) is 4.20. The maximum Gasteiger partial charge on any atom is 0.253 e. The van der Waals surface area contributed by atoms with Crippen LogP contribution in [0.1, 0.15) is 37.4 Å². The summed E-state index contributed by atoms with van der Waals surface area (Å²) in [6.07, 6.45) is 0. The van der Waals surface area contributed by atoms with E-state index < -0.39 is 0 Å². The summed E-state index contributed by atoms with van der Waals surface area (Å²) in [4.78, 5) is 26.6. The molecule has 0 saturated carbocycles. The molecule has 0 aliphatic heterocycles. The van der Waals surface area contributed by atoms with Gasteiger partial charge >= 0.3 is 0 Å². The molecule has 0 fully saturated rings. The van der Waals surface area contributed by atoms with Crippen LogP contribution in [0.3, 0.4) is 0 Å². The van der Waals surface area contributed by atoms with Gasteiger partial charge in [0.1, 0.15) is 0 Å². The molecule has 0 radical (unpaired) electrons. The summed E-state index contributed by atoms with van der Waals surface area (Å²) in [5.41, 5.74) is 4.41. The number of hydrogen-bond acceptors (Lipinski definition) is 2. The quantitative estimate of drug-likeness (QED) is 0.705. The second-order valence-electron chi connectivity index (χ2n) is 6.89. The minimum atomic E-state index is -0.155. The third kappa shape index (κ3) is 5.07. The topological polar surface area (TPSA) is 49.4 Å². The normalized spacial score (nSPS) is 10.4. The maximum atomic E-state index is 12.6. The highest BCUT2D eigenvalue weighted by Gasteiger charge is 2.13. The number of nitrogens with one attached hydrogen (secondary N) is 1. The van der Waals surface area contributed by atoms with Gasteiger partial charge in [0.25, 0.3) is 11.8 Å². The van der Waals surface area contributed by atoms with Crippen LogP contribution < -0.4 is 5.32 Å². The van der Waals surface area contributed by atoms with Gasteiger partial charge in [0.05, 0.1) is 0 Å². The Balaban J connectivity index is 1.58. The fourth-order valence-corrected chi connectivity index (χ4v) is 2.90. The molecule has 0 aromatic heterocycles. The number of aryl methyl sites for hydroxylation is 1. The molecular formula is C24H24N2O2. The summed E-state index contributed by atoms with van der Waals surface area (Å²) < 4.78 is 0. The fourth-order valence-electron chi connectivity index (χ4n) is 2.90. The van der Waals surface area contributed by atoms with Crippen molar-refractivity contribution in [3.63, 3.8) is 0 Å². The lowest BCUT2D eigenvalue weighted by atomic mass is 10.1. The van der Waals surface area contributed by atoms with Crippen LogP contribution in [-0.4, -0.2) is 23.8 Å². The smallest absolute Gasteiger partial charge is 0.253 e. The van der Waals surface area contributed by atoms with Crippen LogP contribution in [0.5, 0.6) is 0 Å². The van der Waals surface area contributed by atoms with Crippen molar-refractivity contribution in [3.05, 3.63) is 107 Å². The van der Waals surface area contributed by atoms with E-state index in [0.717, 1.165) is 11.1 Å². The van der Waals surface area contributed by atoms with E-state index in [1.807, 2.05) is 61.5 Å². The van der Waals surface area contributed by atoms with Gasteiger partial charge in [-0.05, 0) is 42.3 Å². The molecule has 3 rings (SSSR count). The van der Waals surface area contributed by atoms with Crippen molar-refractivity contribution in [3.8, 4) is 0 Å². The van der Waals surface area contributed by atoms with E-state index in [9.17, 15) is 9.59 Å². The molecule has 142 valence electrons. The van der Waals surface area contributed by atoms with E-state index in [0.29, 0.717) is 24.2 Å². The van der Waals surface area contributed by atoms with E-state index >= 15 is 0 Å². The van der Waals surface area contributed by atoms with Gasteiger partial charge in [-0.3, -0.25) is 9.59 Å². The molecular weight excluding hydrogens is 348 g/mol. The Labute approximate surface area is 165 Å². The van der Waals surface area contributed by atoms with Gasteiger partial charge in [0, 0.05) is 31.3 Å². The van der Waals surface area contributed by atoms with Gasteiger partial charge in [-0.25, -0.2) is 0 Å². The van der Waals surface area contributed by atoms with E-state index in [-0.39, 0.29) is 11.8 Å². The van der Waals surface area contributed by atoms with Gasteiger partial charge in [-0.2, -0.15) is 0 Å². The first-order valence-corrected chi connectivity index (χ1v) is 9.26. The molecule has 4 nitrogen and oxygen atoms in total. The summed E-state index contributed by atoms with van der Waals surface area (Å²) in [6, 6.07) is 24.7. The Bertz CT molecular complexity index is 933. The number of rotatable bonds is 6. The highest BCUT2D eigenvalue weighted by Crippen LogP contribution is 2.11. The van der Waals surface area contributed by atoms with E-state index in [1.54, 1.807) is 36.2 Å². The Morgan fingerprint density at radius 3 is 2.04 bits per heavy atom. The Morgan fingerprint density at radius 1 is 0.786 bits per heavy atom. The lowest BCUT2D eigenvalue weighted by Crippen LogP contribution is -2.26. The van der Waals surface area contributed by atoms with E-state index in [4.69, 9.17) is 0 Å². The monoisotopic (exact) mass is 372 g/mol. The van der Waals surface area contributed by atoms with Crippen molar-refractivity contribution in [2.45, 2.75) is 20.0 Å². The summed E-state index contributed by atoms with van der Waals surface area (Å²) >= 11 is 0. The zero-order chi connectivity index (χ0) is 19.9. The zero-order valence-electron chi connectivity index (χ0n) is 16.2. The number of amides is 2. The predicted molar refractivity (Wildman–Crippen MR) is 111 cm³/mol. The second kappa shape index (κ2) is 9.00. The van der Waals surface area contributed by atoms with Crippen LogP contribution >= 0.6 is 0 Å². The highest BCUT2D eigenvalue weighted by molar-refractivity contribution is 5.97. The van der Waals surface area contributed by atoms with Crippen LogP contribution in [-0.2, 0) is 13.1 Å². The third-order valence-electron chi connectivity index (χ3n) is 4.58. The summed E-state index contributed by atoms with van der Waals surface area (Å²) in [5.74, 6) is -0.229. The molecule has 28 heavy (non-hydrogen) atoms. The van der Waals surface area contributed by atoms with Crippen LogP contribution in [0.15, 0.2) is 78.9 Å². The Hall–Kier alpha value is -3.40. The lowest BCUT2D eigenvalue weighted by Gasteiger charge is -2.17. The number of carbonyl (C=O) groups is 2. The van der Waals surface area contributed by atoms with Gasteiger partial charge in [0.2, 0.25) is 0 Å². The van der Waals surface area contributed by atoms with Gasteiger partial charge < -0.3 is 10.2 Å². The number of hydrogen-bond donors (Lipinski definition) is 1. The highest BCUT2D eigenvalue weighted by atomic mass is 16.2. The van der Waals surface area contributed by atoms with Crippen LogP contribution in [0.25, 0.3) is 0 Å². The summed E-state index contributed by atoms with van der Waals surface area (Å²) in [6.45, 7) is 3.04. The first-order chi connectivity index (χ1) is 13.5. The molecule has 0 saturated heterocycles. The van der Waals surface area contributed by atoms with E-state index in [1.165, 1.54) is 5.56 Å². The lowest BCUT2D eigenvalue weighted by molar-refractivity contribution is 0.0784. The van der Waals surface area contributed by atoms with Crippen molar-refractivity contribution in [1.82, 2.24) is 10.2 Å². The molecule has 0 atom stereocenters. The number of benzene rings is 3. The average Bonchev–Trinajstić information content (AvgIpc) is 2.73. The second-order valence-corrected chi connectivity index (χ2v) is 6.89.